The fourth-order valence-electron chi connectivity index (χ4n) is 0.992. The summed E-state index contributed by atoms with van der Waals surface area (Å²) in [6.45, 7) is 3.61. The predicted molar refractivity (Wildman–Crippen MR) is 60.3 cm³/mol. The summed E-state index contributed by atoms with van der Waals surface area (Å²) in [5.41, 5.74) is 0.423. The van der Waals surface area contributed by atoms with E-state index in [9.17, 15) is 9.18 Å². The van der Waals surface area contributed by atoms with Crippen molar-refractivity contribution >= 4 is 28.9 Å². The molecule has 1 aromatic carbocycles. The molecule has 0 bridgehead atoms. The number of halogens is 2. The molecule has 2 nitrogen and oxygen atoms in total. The first-order valence-electron chi connectivity index (χ1n) is 4.15. The van der Waals surface area contributed by atoms with E-state index in [-0.39, 0.29) is 11.9 Å². The van der Waals surface area contributed by atoms with Gasteiger partial charge >= 0.3 is 0 Å². The van der Waals surface area contributed by atoms with Gasteiger partial charge in [0.25, 0.3) is 0 Å². The second-order valence-corrected chi connectivity index (χ2v) is 4.26. The van der Waals surface area contributed by atoms with E-state index in [1.807, 2.05) is 22.6 Å². The maximum Gasteiger partial charge on any atom is 0.178 e. The van der Waals surface area contributed by atoms with Crippen LogP contribution in [0.3, 0.4) is 0 Å². The van der Waals surface area contributed by atoms with Crippen LogP contribution in [0.15, 0.2) is 12.1 Å². The molecule has 0 aliphatic heterocycles. The Bertz CT molecular complexity index is 350. The normalized spacial score (nSPS) is 10.4. The van der Waals surface area contributed by atoms with Gasteiger partial charge in [0.15, 0.2) is 11.6 Å². The second kappa shape index (κ2) is 4.72. The summed E-state index contributed by atoms with van der Waals surface area (Å²) in [5.74, 6) is -0.279. The zero-order chi connectivity index (χ0) is 10.7. The van der Waals surface area contributed by atoms with Crippen LogP contribution in [0.2, 0.25) is 0 Å². The highest BCUT2D eigenvalue weighted by atomic mass is 127. The van der Waals surface area contributed by atoms with Crippen molar-refractivity contribution in [3.8, 4) is 5.75 Å². The zero-order valence-corrected chi connectivity index (χ0v) is 10.0. The lowest BCUT2D eigenvalue weighted by Crippen LogP contribution is -2.08. The van der Waals surface area contributed by atoms with E-state index in [0.717, 1.165) is 0 Å². The SMILES string of the molecule is CC(C)Oc1cc(C=O)cc(I)c1F. The van der Waals surface area contributed by atoms with Gasteiger partial charge in [-0.2, -0.15) is 0 Å². The van der Waals surface area contributed by atoms with Gasteiger partial charge in [0.05, 0.1) is 9.67 Å². The summed E-state index contributed by atoms with van der Waals surface area (Å²) in [5, 5.41) is 0. The van der Waals surface area contributed by atoms with Gasteiger partial charge in [-0.1, -0.05) is 0 Å². The highest BCUT2D eigenvalue weighted by molar-refractivity contribution is 14.1. The molecular formula is C10H10FIO2. The van der Waals surface area contributed by atoms with E-state index in [1.165, 1.54) is 12.1 Å². The van der Waals surface area contributed by atoms with Gasteiger partial charge in [-0.05, 0) is 48.6 Å². The number of carbonyl (C=O) groups is 1. The topological polar surface area (TPSA) is 26.3 Å². The molecule has 0 heterocycles. The number of rotatable bonds is 3. The number of hydrogen-bond acceptors (Lipinski definition) is 2. The Labute approximate surface area is 95.6 Å². The summed E-state index contributed by atoms with van der Waals surface area (Å²) in [4.78, 5) is 10.5. The standard InChI is InChI=1S/C10H10FIO2/c1-6(2)14-9-4-7(5-13)3-8(12)10(9)11/h3-6H,1-2H3. The molecule has 1 rings (SSSR count). The smallest absolute Gasteiger partial charge is 0.178 e. The number of hydrogen-bond donors (Lipinski definition) is 0. The molecule has 14 heavy (non-hydrogen) atoms. The molecule has 4 heteroatoms. The van der Waals surface area contributed by atoms with Crippen molar-refractivity contribution in [2.24, 2.45) is 0 Å². The summed E-state index contributed by atoms with van der Waals surface area (Å²) >= 11 is 1.83. The highest BCUT2D eigenvalue weighted by Crippen LogP contribution is 2.24. The number of carbonyl (C=O) groups excluding carboxylic acids is 1. The third-order valence-electron chi connectivity index (χ3n) is 1.52. The fraction of sp³-hybridized carbons (Fsp3) is 0.300. The summed E-state index contributed by atoms with van der Waals surface area (Å²) < 4.78 is 19.1. The summed E-state index contributed by atoms with van der Waals surface area (Å²) in [7, 11) is 0. The average Bonchev–Trinajstić information content (AvgIpc) is 2.11. The molecule has 0 aliphatic rings. The summed E-state index contributed by atoms with van der Waals surface area (Å²) in [6.07, 6.45) is 0.566. The summed E-state index contributed by atoms with van der Waals surface area (Å²) in [6, 6.07) is 2.89. The van der Waals surface area contributed by atoms with E-state index in [2.05, 4.69) is 0 Å². The van der Waals surface area contributed by atoms with Crippen molar-refractivity contribution in [3.05, 3.63) is 27.1 Å². The van der Waals surface area contributed by atoms with Gasteiger partial charge in [-0.25, -0.2) is 4.39 Å². The Morgan fingerprint density at radius 3 is 2.64 bits per heavy atom. The zero-order valence-electron chi connectivity index (χ0n) is 7.88. The highest BCUT2D eigenvalue weighted by Gasteiger charge is 2.11. The molecule has 76 valence electrons. The van der Waals surface area contributed by atoms with E-state index in [1.54, 1.807) is 13.8 Å². The first kappa shape index (κ1) is 11.4. The molecule has 1 aromatic rings. The lowest BCUT2D eigenvalue weighted by atomic mass is 10.2. The van der Waals surface area contributed by atoms with Crippen molar-refractivity contribution in [2.75, 3.05) is 0 Å². The minimum Gasteiger partial charge on any atom is -0.488 e. The molecule has 0 amide bonds. The van der Waals surface area contributed by atoms with E-state index < -0.39 is 5.82 Å². The molecule has 0 unspecified atom stereocenters. The van der Waals surface area contributed by atoms with Crippen molar-refractivity contribution in [3.63, 3.8) is 0 Å². The molecular weight excluding hydrogens is 298 g/mol. The first-order valence-corrected chi connectivity index (χ1v) is 5.23. The third kappa shape index (κ3) is 2.67. The Morgan fingerprint density at radius 2 is 2.14 bits per heavy atom. The van der Waals surface area contributed by atoms with Gasteiger partial charge in [0.2, 0.25) is 0 Å². The van der Waals surface area contributed by atoms with Crippen LogP contribution >= 0.6 is 22.6 Å². The van der Waals surface area contributed by atoms with Crippen LogP contribution in [0, 0.1) is 9.39 Å². The van der Waals surface area contributed by atoms with E-state index in [4.69, 9.17) is 4.74 Å². The predicted octanol–water partition coefficient (Wildman–Crippen LogP) is 3.03. The van der Waals surface area contributed by atoms with Crippen molar-refractivity contribution in [1.29, 1.82) is 0 Å². The molecule has 0 fully saturated rings. The minimum absolute atomic E-state index is 0.109. The van der Waals surface area contributed by atoms with Crippen molar-refractivity contribution < 1.29 is 13.9 Å². The molecule has 0 N–H and O–H groups in total. The van der Waals surface area contributed by atoms with Crippen LogP contribution in [-0.2, 0) is 0 Å². The largest absolute Gasteiger partial charge is 0.488 e. The molecule has 0 saturated carbocycles. The maximum atomic E-state index is 13.4. The minimum atomic E-state index is -0.412. The Kier molecular flexibility index (Phi) is 3.86. The molecule has 0 aromatic heterocycles. The second-order valence-electron chi connectivity index (χ2n) is 3.10. The van der Waals surface area contributed by atoms with Gasteiger partial charge in [-0.3, -0.25) is 4.79 Å². The van der Waals surface area contributed by atoms with E-state index >= 15 is 0 Å². The van der Waals surface area contributed by atoms with Crippen LogP contribution in [0.25, 0.3) is 0 Å². The monoisotopic (exact) mass is 308 g/mol. The van der Waals surface area contributed by atoms with Crippen molar-refractivity contribution in [2.45, 2.75) is 20.0 Å². The number of aldehydes is 1. The lowest BCUT2D eigenvalue weighted by Gasteiger charge is -2.11. The molecule has 0 radical (unpaired) electrons. The van der Waals surface area contributed by atoms with Crippen LogP contribution in [0.5, 0.6) is 5.75 Å². The van der Waals surface area contributed by atoms with Gasteiger partial charge in [-0.15, -0.1) is 0 Å². The van der Waals surface area contributed by atoms with Crippen LogP contribution in [0.1, 0.15) is 24.2 Å². The Balaban J connectivity index is 3.13. The molecule has 0 saturated heterocycles. The molecule has 0 spiro atoms. The lowest BCUT2D eigenvalue weighted by molar-refractivity contribution is 0.112. The number of benzene rings is 1. The molecule has 0 atom stereocenters. The molecule has 0 aliphatic carbocycles. The maximum absolute atomic E-state index is 13.4. The number of ether oxygens (including phenoxy) is 1. The first-order chi connectivity index (χ1) is 6.54. The van der Waals surface area contributed by atoms with Crippen LogP contribution < -0.4 is 4.74 Å². The van der Waals surface area contributed by atoms with Gasteiger partial charge in [0, 0.05) is 5.56 Å². The van der Waals surface area contributed by atoms with Crippen LogP contribution in [0.4, 0.5) is 4.39 Å². The Hall–Kier alpha value is -0.650. The van der Waals surface area contributed by atoms with Gasteiger partial charge in [0.1, 0.15) is 6.29 Å². The quantitative estimate of drug-likeness (QED) is 0.634. The average molecular weight is 308 g/mol. The Morgan fingerprint density at radius 1 is 1.50 bits per heavy atom. The van der Waals surface area contributed by atoms with Crippen LogP contribution in [-0.4, -0.2) is 12.4 Å². The third-order valence-corrected chi connectivity index (χ3v) is 2.30. The fourth-order valence-corrected chi connectivity index (χ4v) is 1.62. The van der Waals surface area contributed by atoms with Gasteiger partial charge < -0.3 is 4.74 Å². The van der Waals surface area contributed by atoms with Crippen molar-refractivity contribution in [1.82, 2.24) is 0 Å². The van der Waals surface area contributed by atoms with E-state index in [0.29, 0.717) is 15.4 Å².